The van der Waals surface area contributed by atoms with Crippen LogP contribution in [0.5, 0.6) is 17.2 Å². The summed E-state index contributed by atoms with van der Waals surface area (Å²) in [4.78, 5) is 25.5. The third kappa shape index (κ3) is 4.95. The minimum Gasteiger partial charge on any atom is -0.493 e. The molecule has 0 bridgehead atoms. The van der Waals surface area contributed by atoms with E-state index in [0.717, 1.165) is 35.1 Å². The number of rotatable bonds is 6. The van der Waals surface area contributed by atoms with Crippen molar-refractivity contribution in [3.8, 4) is 28.4 Å². The molecule has 2 aliphatic carbocycles. The topological polar surface area (TPSA) is 85.9 Å². The number of fused-ring (bicyclic) bond motifs is 3. The zero-order valence-electron chi connectivity index (χ0n) is 21.3. The van der Waals surface area contributed by atoms with Crippen molar-refractivity contribution >= 4 is 11.6 Å². The van der Waals surface area contributed by atoms with Crippen molar-refractivity contribution in [1.29, 1.82) is 0 Å². The van der Waals surface area contributed by atoms with Gasteiger partial charge in [-0.05, 0) is 66.5 Å². The second-order valence-corrected chi connectivity index (χ2v) is 9.61. The fourth-order valence-electron chi connectivity index (χ4n) is 5.56. The van der Waals surface area contributed by atoms with Crippen molar-refractivity contribution < 1.29 is 19.0 Å². The van der Waals surface area contributed by atoms with Gasteiger partial charge in [0.1, 0.15) is 0 Å². The van der Waals surface area contributed by atoms with E-state index in [-0.39, 0.29) is 23.4 Å². The fourth-order valence-corrected chi connectivity index (χ4v) is 5.56. The summed E-state index contributed by atoms with van der Waals surface area (Å²) in [6.45, 7) is 3.75. The van der Waals surface area contributed by atoms with Crippen molar-refractivity contribution in [1.82, 2.24) is 5.32 Å². The van der Waals surface area contributed by atoms with Gasteiger partial charge in [-0.3, -0.25) is 9.59 Å². The molecule has 3 atom stereocenters. The van der Waals surface area contributed by atoms with E-state index in [2.05, 4.69) is 17.6 Å². The first-order valence-corrected chi connectivity index (χ1v) is 12.4. The molecule has 0 heterocycles. The first kappa shape index (κ1) is 24.9. The van der Waals surface area contributed by atoms with E-state index in [1.807, 2.05) is 18.2 Å². The Hall–Kier alpha value is -3.22. The predicted octanol–water partition coefficient (Wildman–Crippen LogP) is 4.85. The molecular formula is C28H36N2O5. The van der Waals surface area contributed by atoms with Gasteiger partial charge in [0.2, 0.25) is 17.1 Å². The van der Waals surface area contributed by atoms with Gasteiger partial charge in [-0.2, -0.15) is 0 Å². The summed E-state index contributed by atoms with van der Waals surface area (Å²) in [6.07, 6.45) is 5.95. The molecule has 2 aromatic rings. The second-order valence-electron chi connectivity index (χ2n) is 9.61. The number of hydrogen-bond donors (Lipinski definition) is 2. The lowest BCUT2D eigenvalue weighted by atomic mass is 9.86. The van der Waals surface area contributed by atoms with E-state index >= 15 is 0 Å². The first-order chi connectivity index (χ1) is 16.9. The number of aryl methyl sites for hydroxylation is 1. The summed E-state index contributed by atoms with van der Waals surface area (Å²) in [6, 6.07) is 7.45. The highest BCUT2D eigenvalue weighted by atomic mass is 16.5. The van der Waals surface area contributed by atoms with Crippen molar-refractivity contribution in [3.05, 3.63) is 45.6 Å². The summed E-state index contributed by atoms with van der Waals surface area (Å²) in [5.41, 5.74) is 4.00. The lowest BCUT2D eigenvalue weighted by Crippen LogP contribution is -2.32. The third-order valence-electron chi connectivity index (χ3n) is 7.37. The maximum atomic E-state index is 13.5. The van der Waals surface area contributed by atoms with Crippen molar-refractivity contribution in [2.45, 2.75) is 64.5 Å². The molecule has 4 rings (SSSR count). The molecule has 1 fully saturated rings. The van der Waals surface area contributed by atoms with Crippen LogP contribution in [0.2, 0.25) is 0 Å². The van der Waals surface area contributed by atoms with Gasteiger partial charge < -0.3 is 24.8 Å². The Balaban J connectivity index is 1.93. The summed E-state index contributed by atoms with van der Waals surface area (Å²) in [5.74, 6) is 2.01. The number of methoxy groups -OCH3 is 3. The van der Waals surface area contributed by atoms with E-state index in [0.29, 0.717) is 41.7 Å². The predicted molar refractivity (Wildman–Crippen MR) is 138 cm³/mol. The third-order valence-corrected chi connectivity index (χ3v) is 7.37. The van der Waals surface area contributed by atoms with Crippen LogP contribution in [0.4, 0.5) is 5.69 Å². The quantitative estimate of drug-likeness (QED) is 0.615. The molecule has 0 spiro atoms. The molecule has 7 nitrogen and oxygen atoms in total. The maximum absolute atomic E-state index is 13.5. The zero-order chi connectivity index (χ0) is 25.1. The molecule has 0 unspecified atom stereocenters. The monoisotopic (exact) mass is 480 g/mol. The number of nitrogens with one attached hydrogen (secondary N) is 2. The Bertz CT molecular complexity index is 1160. The van der Waals surface area contributed by atoms with E-state index in [1.165, 1.54) is 19.8 Å². The number of benzene rings is 1. The van der Waals surface area contributed by atoms with Gasteiger partial charge in [0, 0.05) is 18.5 Å². The Morgan fingerprint density at radius 1 is 0.971 bits per heavy atom. The van der Waals surface area contributed by atoms with Crippen LogP contribution in [-0.2, 0) is 11.2 Å². The van der Waals surface area contributed by atoms with Crippen LogP contribution in [0.1, 0.15) is 63.1 Å². The van der Waals surface area contributed by atoms with Crippen molar-refractivity contribution in [3.63, 3.8) is 0 Å². The largest absolute Gasteiger partial charge is 0.493 e. The van der Waals surface area contributed by atoms with Gasteiger partial charge >= 0.3 is 0 Å². The molecule has 0 radical (unpaired) electrons. The molecule has 2 N–H and O–H groups in total. The Kier molecular flexibility index (Phi) is 7.53. The number of carbonyl (C=O) groups is 1. The lowest BCUT2D eigenvalue weighted by molar-refractivity contribution is -0.119. The van der Waals surface area contributed by atoms with Crippen LogP contribution in [0.3, 0.4) is 0 Å². The molecule has 7 heteroatoms. The minimum atomic E-state index is -0.307. The molecule has 35 heavy (non-hydrogen) atoms. The summed E-state index contributed by atoms with van der Waals surface area (Å²) < 4.78 is 17.1. The average molecular weight is 481 g/mol. The highest BCUT2D eigenvalue weighted by Crippen LogP contribution is 2.50. The van der Waals surface area contributed by atoms with Gasteiger partial charge in [-0.25, -0.2) is 0 Å². The maximum Gasteiger partial charge on any atom is 0.217 e. The lowest BCUT2D eigenvalue weighted by Gasteiger charge is -2.29. The van der Waals surface area contributed by atoms with Gasteiger partial charge in [0.25, 0.3) is 0 Å². The van der Waals surface area contributed by atoms with Crippen LogP contribution >= 0.6 is 0 Å². The molecule has 1 amide bonds. The molecule has 0 aliphatic heterocycles. The van der Waals surface area contributed by atoms with Crippen LogP contribution in [-0.4, -0.2) is 33.3 Å². The van der Waals surface area contributed by atoms with Gasteiger partial charge in [0.05, 0.1) is 33.1 Å². The molecule has 188 valence electrons. The standard InChI is InChI=1S/C28H36N2O5/c1-16-8-6-7-9-21(16)30-23-13-11-19-20(15-24(23)32)22(29-17(2)31)12-10-18-14-25(33-3)27(34-4)28(35-5)26(18)19/h11,13-16,21-22H,6-10,12H2,1-5H3,(H,29,31)(H,30,32)/t16-,21+,22+/m1/s1. The number of anilines is 1. The molecule has 2 aliphatic rings. The molecule has 2 aromatic carbocycles. The van der Waals surface area contributed by atoms with Crippen molar-refractivity contribution in [2.75, 3.05) is 26.6 Å². The highest BCUT2D eigenvalue weighted by Gasteiger charge is 2.30. The Morgan fingerprint density at radius 3 is 2.37 bits per heavy atom. The normalized spacial score (nSPS) is 21.1. The molecule has 1 saturated carbocycles. The van der Waals surface area contributed by atoms with Crippen molar-refractivity contribution in [2.24, 2.45) is 5.92 Å². The SMILES string of the molecule is COc1cc2c(c(OC)c1OC)-c1ccc(N[C@H]3CCCC[C@H]3C)c(=O)cc1[C@@H](NC(C)=O)CC2. The van der Waals surface area contributed by atoms with Crippen LogP contribution in [0, 0.1) is 5.92 Å². The number of amides is 1. The van der Waals surface area contributed by atoms with E-state index in [4.69, 9.17) is 14.2 Å². The number of hydrogen-bond acceptors (Lipinski definition) is 6. The van der Waals surface area contributed by atoms with Crippen LogP contribution in [0.15, 0.2) is 29.1 Å². The minimum absolute atomic E-state index is 0.0812. The van der Waals surface area contributed by atoms with Gasteiger partial charge in [-0.1, -0.05) is 25.8 Å². The second kappa shape index (κ2) is 10.6. The molecule has 0 aromatic heterocycles. The van der Waals surface area contributed by atoms with Gasteiger partial charge in [0.15, 0.2) is 11.5 Å². The summed E-state index contributed by atoms with van der Waals surface area (Å²) in [7, 11) is 4.79. The Labute approximate surface area is 207 Å². The van der Waals surface area contributed by atoms with E-state index in [1.54, 1.807) is 27.4 Å². The van der Waals surface area contributed by atoms with Crippen LogP contribution < -0.4 is 30.3 Å². The highest BCUT2D eigenvalue weighted by molar-refractivity contribution is 5.83. The number of ether oxygens (including phenoxy) is 3. The first-order valence-electron chi connectivity index (χ1n) is 12.4. The van der Waals surface area contributed by atoms with E-state index < -0.39 is 0 Å². The summed E-state index contributed by atoms with van der Waals surface area (Å²) >= 11 is 0. The smallest absolute Gasteiger partial charge is 0.217 e. The average Bonchev–Trinajstić information content (AvgIpc) is 3.08. The zero-order valence-corrected chi connectivity index (χ0v) is 21.3. The fraction of sp³-hybridized carbons (Fsp3) is 0.500. The molecule has 0 saturated heterocycles. The summed E-state index contributed by atoms with van der Waals surface area (Å²) in [5, 5.41) is 6.59. The number of carbonyl (C=O) groups excluding carboxylic acids is 1. The Morgan fingerprint density at radius 2 is 1.71 bits per heavy atom. The van der Waals surface area contributed by atoms with Crippen LogP contribution in [0.25, 0.3) is 11.1 Å². The van der Waals surface area contributed by atoms with Gasteiger partial charge in [-0.15, -0.1) is 0 Å². The van der Waals surface area contributed by atoms with E-state index in [9.17, 15) is 9.59 Å². The molecular weight excluding hydrogens is 444 g/mol.